The fourth-order valence-corrected chi connectivity index (χ4v) is 5.20. The van der Waals surface area contributed by atoms with Crippen molar-refractivity contribution in [1.82, 2.24) is 9.72 Å². The van der Waals surface area contributed by atoms with Gasteiger partial charge >= 0.3 is 12.1 Å². The molecule has 2 unspecified atom stereocenters. The van der Waals surface area contributed by atoms with Crippen molar-refractivity contribution >= 4 is 17.4 Å². The lowest BCUT2D eigenvalue weighted by Crippen LogP contribution is -2.41. The van der Waals surface area contributed by atoms with Crippen molar-refractivity contribution < 1.29 is 32.6 Å². The molecule has 0 bridgehead atoms. The molecule has 3 aromatic rings. The number of allylic oxidation sites excluding steroid dienone is 1. The Morgan fingerprint density at radius 3 is 2.55 bits per heavy atom. The van der Waals surface area contributed by atoms with Gasteiger partial charge in [-0.3, -0.25) is 4.79 Å². The van der Waals surface area contributed by atoms with E-state index in [4.69, 9.17) is 4.74 Å². The summed E-state index contributed by atoms with van der Waals surface area (Å²) in [7, 11) is 0. The lowest BCUT2D eigenvalue weighted by Gasteiger charge is -2.29. The fourth-order valence-electron chi connectivity index (χ4n) is 5.20. The first-order valence-corrected chi connectivity index (χ1v) is 12.6. The zero-order valence-electron chi connectivity index (χ0n) is 21.1. The standard InChI is InChI=1S/C29H31F3N2O4/c1-18-14-19(2)16-21(15-18)7-10-24(28(36)37)33-27(35)23-11-13-34-12-3-4-25(34)26(23)38-17-20-5-8-22(9-6-20)29(30,31)32/h3-6,8-9,11-13,19,21,24H,1,7,10,14-17H2,2H3,(H,33,35)(H,36,37)/t19?,21?,24-/m0/s1. The van der Waals surface area contributed by atoms with Crippen LogP contribution in [0.2, 0.25) is 0 Å². The van der Waals surface area contributed by atoms with E-state index in [0.717, 1.165) is 31.4 Å². The normalized spacial score (nSPS) is 18.8. The number of benzene rings is 1. The summed E-state index contributed by atoms with van der Waals surface area (Å²) in [5, 5.41) is 12.4. The second-order valence-corrected chi connectivity index (χ2v) is 10.1. The minimum absolute atomic E-state index is 0.0740. The van der Waals surface area contributed by atoms with E-state index in [1.165, 1.54) is 23.8 Å². The van der Waals surface area contributed by atoms with E-state index in [9.17, 15) is 27.9 Å². The Morgan fingerprint density at radius 2 is 1.89 bits per heavy atom. The molecule has 4 rings (SSSR count). The summed E-state index contributed by atoms with van der Waals surface area (Å²) in [5.41, 5.74) is 1.63. The van der Waals surface area contributed by atoms with Gasteiger partial charge < -0.3 is 19.6 Å². The highest BCUT2D eigenvalue weighted by molar-refractivity contribution is 6.00. The van der Waals surface area contributed by atoms with Crippen molar-refractivity contribution in [3.8, 4) is 5.75 Å². The number of halogens is 3. The van der Waals surface area contributed by atoms with Crippen molar-refractivity contribution in [2.75, 3.05) is 0 Å². The van der Waals surface area contributed by atoms with Gasteiger partial charge in [0.25, 0.3) is 5.91 Å². The van der Waals surface area contributed by atoms with Gasteiger partial charge in [-0.2, -0.15) is 13.2 Å². The number of hydrogen-bond donors (Lipinski definition) is 2. The molecule has 1 aliphatic carbocycles. The van der Waals surface area contributed by atoms with Gasteiger partial charge in [0.1, 0.15) is 12.6 Å². The van der Waals surface area contributed by atoms with E-state index in [2.05, 4.69) is 18.8 Å². The summed E-state index contributed by atoms with van der Waals surface area (Å²) in [6, 6.07) is 8.57. The van der Waals surface area contributed by atoms with E-state index in [-0.39, 0.29) is 17.9 Å². The molecule has 0 spiro atoms. The van der Waals surface area contributed by atoms with Crippen molar-refractivity contribution in [3.63, 3.8) is 0 Å². The predicted octanol–water partition coefficient (Wildman–Crippen LogP) is 6.49. The molecule has 9 heteroatoms. The Kier molecular flexibility index (Phi) is 8.14. The van der Waals surface area contributed by atoms with Gasteiger partial charge in [-0.15, -0.1) is 0 Å². The second-order valence-electron chi connectivity index (χ2n) is 10.1. The molecule has 2 N–H and O–H groups in total. The molecule has 1 fully saturated rings. The third-order valence-electron chi connectivity index (χ3n) is 6.98. The monoisotopic (exact) mass is 528 g/mol. The van der Waals surface area contributed by atoms with Gasteiger partial charge in [-0.25, -0.2) is 4.79 Å². The van der Waals surface area contributed by atoms with Crippen LogP contribution in [-0.4, -0.2) is 27.4 Å². The number of fused-ring (bicyclic) bond motifs is 1. The number of carbonyl (C=O) groups is 2. The van der Waals surface area contributed by atoms with E-state index >= 15 is 0 Å². The molecule has 0 saturated heterocycles. The highest BCUT2D eigenvalue weighted by Crippen LogP contribution is 2.35. The van der Waals surface area contributed by atoms with E-state index in [1.807, 2.05) is 0 Å². The number of alkyl halides is 3. The number of aliphatic carboxylic acids is 1. The van der Waals surface area contributed by atoms with Crippen LogP contribution in [0, 0.1) is 11.8 Å². The molecule has 1 aliphatic rings. The van der Waals surface area contributed by atoms with Crippen LogP contribution in [0.4, 0.5) is 13.2 Å². The predicted molar refractivity (Wildman–Crippen MR) is 137 cm³/mol. The Bertz CT molecular complexity index is 1310. The zero-order valence-corrected chi connectivity index (χ0v) is 21.1. The molecule has 38 heavy (non-hydrogen) atoms. The number of hydrogen-bond acceptors (Lipinski definition) is 3. The smallest absolute Gasteiger partial charge is 0.416 e. The molecule has 202 valence electrons. The molecule has 2 heterocycles. The lowest BCUT2D eigenvalue weighted by molar-refractivity contribution is -0.139. The van der Waals surface area contributed by atoms with Crippen molar-refractivity contribution in [1.29, 1.82) is 0 Å². The molecule has 1 saturated carbocycles. The number of aromatic nitrogens is 1. The number of carboxylic acid groups (broad SMARTS) is 1. The maximum Gasteiger partial charge on any atom is 0.416 e. The van der Waals surface area contributed by atoms with Gasteiger partial charge in [0.05, 0.1) is 16.6 Å². The second kappa shape index (κ2) is 11.3. The number of pyridine rings is 1. The summed E-state index contributed by atoms with van der Waals surface area (Å²) in [6.45, 7) is 6.19. The van der Waals surface area contributed by atoms with Crippen LogP contribution >= 0.6 is 0 Å². The SMILES string of the molecule is C=C1CC(C)CC(CC[C@H](NC(=O)c2ccn3cccc3c2OCc2ccc(C(F)(F)F)cc2)C(=O)O)C1. The van der Waals surface area contributed by atoms with E-state index in [1.54, 1.807) is 28.9 Å². The van der Waals surface area contributed by atoms with Crippen LogP contribution in [0.1, 0.15) is 60.5 Å². The molecular weight excluding hydrogens is 497 g/mol. The number of rotatable bonds is 9. The maximum absolute atomic E-state index is 13.3. The maximum atomic E-state index is 13.3. The van der Waals surface area contributed by atoms with Gasteiger partial charge in [-0.05, 0) is 79.8 Å². The van der Waals surface area contributed by atoms with Crippen molar-refractivity contribution in [3.05, 3.63) is 83.7 Å². The Hall–Kier alpha value is -3.75. The minimum atomic E-state index is -4.44. The first-order chi connectivity index (χ1) is 18.0. The van der Waals surface area contributed by atoms with Crippen LogP contribution in [0.25, 0.3) is 5.52 Å². The lowest BCUT2D eigenvalue weighted by atomic mass is 9.77. The molecule has 0 radical (unpaired) electrons. The molecule has 1 aromatic carbocycles. The number of carbonyl (C=O) groups excluding carboxylic acids is 1. The number of carboxylic acids is 1. The van der Waals surface area contributed by atoms with Gasteiger partial charge in [-0.1, -0.05) is 31.2 Å². The molecule has 2 aromatic heterocycles. The zero-order chi connectivity index (χ0) is 27.4. The minimum Gasteiger partial charge on any atom is -0.486 e. The summed E-state index contributed by atoms with van der Waals surface area (Å²) in [6.07, 6.45) is 2.82. The van der Waals surface area contributed by atoms with Crippen molar-refractivity contribution in [2.45, 2.75) is 57.9 Å². The quantitative estimate of drug-likeness (QED) is 0.311. The number of amides is 1. The highest BCUT2D eigenvalue weighted by Gasteiger charge is 2.30. The van der Waals surface area contributed by atoms with Crippen molar-refractivity contribution in [2.24, 2.45) is 11.8 Å². The van der Waals surface area contributed by atoms with Gasteiger partial charge in [0, 0.05) is 12.4 Å². The number of nitrogens with zero attached hydrogens (tertiary/aromatic N) is 1. The molecular formula is C29H31F3N2O4. The van der Waals surface area contributed by atoms with Crippen LogP contribution in [-0.2, 0) is 17.6 Å². The summed E-state index contributed by atoms with van der Waals surface area (Å²) in [5.74, 6) is -0.639. The average Bonchev–Trinajstić information content (AvgIpc) is 3.33. The largest absolute Gasteiger partial charge is 0.486 e. The number of ether oxygens (including phenoxy) is 1. The summed E-state index contributed by atoms with van der Waals surface area (Å²) in [4.78, 5) is 25.2. The van der Waals surface area contributed by atoms with Crippen LogP contribution in [0.3, 0.4) is 0 Å². The summed E-state index contributed by atoms with van der Waals surface area (Å²) < 4.78 is 46.3. The molecule has 1 amide bonds. The Labute approximate surface area is 219 Å². The van der Waals surface area contributed by atoms with E-state index in [0.29, 0.717) is 35.8 Å². The topological polar surface area (TPSA) is 80.0 Å². The molecule has 3 atom stereocenters. The average molecular weight is 529 g/mol. The van der Waals surface area contributed by atoms with Crippen LogP contribution in [0.15, 0.2) is 67.0 Å². The third kappa shape index (κ3) is 6.57. The first-order valence-electron chi connectivity index (χ1n) is 12.6. The third-order valence-corrected chi connectivity index (χ3v) is 6.98. The highest BCUT2D eigenvalue weighted by atomic mass is 19.4. The molecule has 0 aliphatic heterocycles. The first kappa shape index (κ1) is 27.3. The number of nitrogens with one attached hydrogen (secondary N) is 1. The fraction of sp³-hybridized carbons (Fsp3) is 0.379. The van der Waals surface area contributed by atoms with E-state index < -0.39 is 29.7 Å². The van der Waals surface area contributed by atoms with Gasteiger partial charge in [0.15, 0.2) is 5.75 Å². The summed E-state index contributed by atoms with van der Waals surface area (Å²) >= 11 is 0. The van der Waals surface area contributed by atoms with Gasteiger partial charge in [0.2, 0.25) is 0 Å². The Balaban J connectivity index is 1.49. The molecule has 6 nitrogen and oxygen atoms in total. The van der Waals surface area contributed by atoms with Crippen LogP contribution in [0.5, 0.6) is 5.75 Å². The van der Waals surface area contributed by atoms with Crippen LogP contribution < -0.4 is 10.1 Å². The Morgan fingerprint density at radius 1 is 1.16 bits per heavy atom.